The maximum absolute atomic E-state index is 5.99. The topological polar surface area (TPSA) is 54.2 Å². The van der Waals surface area contributed by atoms with Crippen molar-refractivity contribution in [2.24, 2.45) is 5.73 Å². The van der Waals surface area contributed by atoms with Gasteiger partial charge in [0.25, 0.3) is 0 Å². The number of nitrogens with two attached hydrogens (primary N) is 1. The predicted octanol–water partition coefficient (Wildman–Crippen LogP) is 1.87. The first kappa shape index (κ1) is 14.1. The summed E-state index contributed by atoms with van der Waals surface area (Å²) in [6.45, 7) is 3.34. The molecule has 0 aliphatic rings. The molecule has 0 aliphatic heterocycles. The Morgan fingerprint density at radius 3 is 2.95 bits per heavy atom. The average Bonchev–Trinajstić information content (AvgIpc) is 2.42. The van der Waals surface area contributed by atoms with Crippen molar-refractivity contribution in [1.82, 2.24) is 10.3 Å². The van der Waals surface area contributed by atoms with Crippen LogP contribution in [-0.2, 0) is 0 Å². The maximum atomic E-state index is 5.99. The van der Waals surface area contributed by atoms with Crippen molar-refractivity contribution >= 4 is 28.2 Å². The van der Waals surface area contributed by atoms with Crippen molar-refractivity contribution in [3.63, 3.8) is 0 Å². The zero-order valence-electron chi connectivity index (χ0n) is 11.1. The molecule has 0 bridgehead atoms. The first-order valence-electron chi connectivity index (χ1n) is 6.38. The van der Waals surface area contributed by atoms with Gasteiger partial charge in [-0.25, -0.2) is 0 Å². The number of nitrogens with zero attached hydrogens (tertiary/aromatic N) is 2. The lowest BCUT2D eigenvalue weighted by molar-refractivity contribution is 0.682. The molecule has 5 heteroatoms. The van der Waals surface area contributed by atoms with Crippen LogP contribution in [0.4, 0.5) is 5.69 Å². The summed E-state index contributed by atoms with van der Waals surface area (Å²) in [6.07, 6.45) is 1.82. The van der Waals surface area contributed by atoms with Crippen LogP contribution in [-0.4, -0.2) is 38.2 Å². The van der Waals surface area contributed by atoms with Gasteiger partial charge < -0.3 is 16.0 Å². The van der Waals surface area contributed by atoms with Crippen molar-refractivity contribution in [2.75, 3.05) is 38.1 Å². The lowest BCUT2D eigenvalue weighted by Gasteiger charge is -2.21. The van der Waals surface area contributed by atoms with E-state index in [0.717, 1.165) is 36.2 Å². The molecule has 0 unspecified atom stereocenters. The molecule has 2 aromatic rings. The van der Waals surface area contributed by atoms with Crippen molar-refractivity contribution in [3.05, 3.63) is 35.5 Å². The minimum absolute atomic E-state index is 0.667. The first-order chi connectivity index (χ1) is 9.22. The zero-order chi connectivity index (χ0) is 13.7. The van der Waals surface area contributed by atoms with E-state index in [1.54, 1.807) is 0 Å². The van der Waals surface area contributed by atoms with Crippen molar-refractivity contribution in [1.29, 1.82) is 0 Å². The number of pyridine rings is 1. The molecule has 2 rings (SSSR count). The molecule has 1 heterocycles. The Morgan fingerprint density at radius 2 is 2.16 bits per heavy atom. The van der Waals surface area contributed by atoms with E-state index in [1.807, 2.05) is 30.5 Å². The van der Waals surface area contributed by atoms with E-state index in [4.69, 9.17) is 17.3 Å². The Bertz CT molecular complexity index is 544. The molecule has 1 aromatic carbocycles. The Kier molecular flexibility index (Phi) is 4.96. The van der Waals surface area contributed by atoms with Crippen LogP contribution in [0.15, 0.2) is 30.5 Å². The monoisotopic (exact) mass is 278 g/mol. The van der Waals surface area contributed by atoms with Gasteiger partial charge in [-0.05, 0) is 24.3 Å². The lowest BCUT2D eigenvalue weighted by atomic mass is 10.2. The highest BCUT2D eigenvalue weighted by Gasteiger charge is 2.06. The SMILES string of the molecule is CN(CCNCCN)c1ccnc2cc(Cl)ccc12. The van der Waals surface area contributed by atoms with Crippen LogP contribution in [0, 0.1) is 0 Å². The number of nitrogens with one attached hydrogen (secondary N) is 1. The molecule has 0 fully saturated rings. The quantitative estimate of drug-likeness (QED) is 0.792. The first-order valence-corrected chi connectivity index (χ1v) is 6.76. The van der Waals surface area contributed by atoms with Gasteiger partial charge in [-0.15, -0.1) is 0 Å². The van der Waals surface area contributed by atoms with E-state index in [2.05, 4.69) is 22.2 Å². The third-order valence-electron chi connectivity index (χ3n) is 3.04. The van der Waals surface area contributed by atoms with E-state index in [0.29, 0.717) is 11.6 Å². The fourth-order valence-electron chi connectivity index (χ4n) is 2.03. The van der Waals surface area contributed by atoms with Crippen molar-refractivity contribution in [2.45, 2.75) is 0 Å². The number of aromatic nitrogens is 1. The highest BCUT2D eigenvalue weighted by atomic mass is 35.5. The second-order valence-corrected chi connectivity index (χ2v) is 4.89. The van der Waals surface area contributed by atoms with Crippen molar-refractivity contribution < 1.29 is 0 Å². The summed E-state index contributed by atoms with van der Waals surface area (Å²) in [5, 5.41) is 5.12. The molecule has 3 N–H and O–H groups in total. The summed E-state index contributed by atoms with van der Waals surface area (Å²) in [4.78, 5) is 6.56. The van der Waals surface area contributed by atoms with Crippen LogP contribution < -0.4 is 16.0 Å². The molecule has 0 saturated heterocycles. The molecule has 0 aliphatic carbocycles. The van der Waals surface area contributed by atoms with E-state index in [9.17, 15) is 0 Å². The smallest absolute Gasteiger partial charge is 0.0737 e. The fraction of sp³-hybridized carbons (Fsp3) is 0.357. The van der Waals surface area contributed by atoms with E-state index >= 15 is 0 Å². The molecule has 0 radical (unpaired) electrons. The van der Waals surface area contributed by atoms with Gasteiger partial charge in [0, 0.05) is 55.5 Å². The van der Waals surface area contributed by atoms with Gasteiger partial charge in [0.15, 0.2) is 0 Å². The molecule has 0 atom stereocenters. The largest absolute Gasteiger partial charge is 0.373 e. The molecule has 19 heavy (non-hydrogen) atoms. The number of anilines is 1. The minimum atomic E-state index is 0.667. The number of benzene rings is 1. The van der Waals surface area contributed by atoms with Gasteiger partial charge in [-0.2, -0.15) is 0 Å². The molecule has 0 spiro atoms. The van der Waals surface area contributed by atoms with Crippen LogP contribution in [0.5, 0.6) is 0 Å². The van der Waals surface area contributed by atoms with Gasteiger partial charge in [0.2, 0.25) is 0 Å². The van der Waals surface area contributed by atoms with Gasteiger partial charge >= 0.3 is 0 Å². The normalized spacial score (nSPS) is 10.9. The lowest BCUT2D eigenvalue weighted by Crippen LogP contribution is -2.32. The highest BCUT2D eigenvalue weighted by molar-refractivity contribution is 6.31. The fourth-order valence-corrected chi connectivity index (χ4v) is 2.20. The summed E-state index contributed by atoms with van der Waals surface area (Å²) in [6, 6.07) is 7.83. The number of hydrogen-bond donors (Lipinski definition) is 2. The second kappa shape index (κ2) is 6.70. The number of rotatable bonds is 6. The van der Waals surface area contributed by atoms with E-state index in [-0.39, 0.29) is 0 Å². The maximum Gasteiger partial charge on any atom is 0.0737 e. The Balaban J connectivity index is 2.15. The Hall–Kier alpha value is -1.36. The molecule has 0 amide bonds. The third kappa shape index (κ3) is 3.56. The third-order valence-corrected chi connectivity index (χ3v) is 3.27. The van der Waals surface area contributed by atoms with Crippen LogP contribution >= 0.6 is 11.6 Å². The van der Waals surface area contributed by atoms with Gasteiger partial charge in [0.1, 0.15) is 0 Å². The molecule has 4 nitrogen and oxygen atoms in total. The average molecular weight is 279 g/mol. The zero-order valence-corrected chi connectivity index (χ0v) is 11.8. The standard InChI is InChI=1S/C14H19ClN4/c1-19(9-8-17-7-5-16)14-4-6-18-13-10-11(15)2-3-12(13)14/h2-4,6,10,17H,5,7-9,16H2,1H3. The van der Waals surface area contributed by atoms with E-state index in [1.165, 1.54) is 0 Å². The van der Waals surface area contributed by atoms with Crippen LogP contribution in [0.2, 0.25) is 5.02 Å². The van der Waals surface area contributed by atoms with Crippen LogP contribution in [0.3, 0.4) is 0 Å². The summed E-state index contributed by atoms with van der Waals surface area (Å²) in [5.74, 6) is 0. The predicted molar refractivity (Wildman–Crippen MR) is 81.9 cm³/mol. The summed E-state index contributed by atoms with van der Waals surface area (Å²) in [7, 11) is 2.08. The summed E-state index contributed by atoms with van der Waals surface area (Å²) < 4.78 is 0. The van der Waals surface area contributed by atoms with Crippen LogP contribution in [0.25, 0.3) is 10.9 Å². The van der Waals surface area contributed by atoms with Gasteiger partial charge in [0.05, 0.1) is 5.52 Å². The van der Waals surface area contributed by atoms with Crippen molar-refractivity contribution in [3.8, 4) is 0 Å². The number of fused-ring (bicyclic) bond motifs is 1. The molecular weight excluding hydrogens is 260 g/mol. The minimum Gasteiger partial charge on any atom is -0.373 e. The summed E-state index contributed by atoms with van der Waals surface area (Å²) in [5.41, 5.74) is 7.53. The molecular formula is C14H19ClN4. The van der Waals surface area contributed by atoms with Crippen LogP contribution in [0.1, 0.15) is 0 Å². The van der Waals surface area contributed by atoms with Gasteiger partial charge in [-0.3, -0.25) is 4.98 Å². The number of hydrogen-bond acceptors (Lipinski definition) is 4. The molecule has 0 saturated carbocycles. The molecule has 1 aromatic heterocycles. The molecule has 102 valence electrons. The number of halogens is 1. The Morgan fingerprint density at radius 1 is 1.32 bits per heavy atom. The summed E-state index contributed by atoms with van der Waals surface area (Å²) >= 11 is 5.99. The van der Waals surface area contributed by atoms with Gasteiger partial charge in [-0.1, -0.05) is 11.6 Å². The Labute approximate surface area is 118 Å². The van der Waals surface area contributed by atoms with E-state index < -0.39 is 0 Å². The number of likely N-dealkylation sites (N-methyl/N-ethyl adjacent to an activating group) is 1. The second-order valence-electron chi connectivity index (χ2n) is 4.45. The highest BCUT2D eigenvalue weighted by Crippen LogP contribution is 2.26.